The lowest BCUT2D eigenvalue weighted by molar-refractivity contribution is 0.185. The smallest absolute Gasteiger partial charge is 0.356 e. The summed E-state index contributed by atoms with van der Waals surface area (Å²) in [5.74, 6) is 2.11. The average molecular weight is 2000 g/mol. The van der Waals surface area contributed by atoms with Gasteiger partial charge in [-0.3, -0.25) is 0 Å². The van der Waals surface area contributed by atoms with Crippen LogP contribution in [-0.2, 0) is 71.5 Å². The van der Waals surface area contributed by atoms with Gasteiger partial charge in [0.15, 0.2) is 40.7 Å². The molecule has 41 heteroatoms. The second-order valence-corrected chi connectivity index (χ2v) is 46.9. The van der Waals surface area contributed by atoms with Crippen molar-refractivity contribution in [2.75, 3.05) is 99.9 Å². The highest BCUT2D eigenvalue weighted by atomic mass is 35.5. The molecule has 135 heavy (non-hydrogen) atoms. The molecule has 6 aliphatic heterocycles. The molecule has 726 valence electrons. The number of para-hydroxylation sites is 3. The van der Waals surface area contributed by atoms with E-state index in [1.165, 1.54) is 82.5 Å². The van der Waals surface area contributed by atoms with Crippen molar-refractivity contribution in [3.8, 4) is 11.5 Å². The summed E-state index contributed by atoms with van der Waals surface area (Å²) in [5, 5.41) is 3.46. The molecule has 0 saturated carbocycles. The van der Waals surface area contributed by atoms with Gasteiger partial charge < -0.3 is 40.7 Å². The zero-order valence-corrected chi connectivity index (χ0v) is 81.6. The van der Waals surface area contributed by atoms with E-state index in [1.54, 1.807) is 104 Å². The van der Waals surface area contributed by atoms with Crippen molar-refractivity contribution < 1.29 is 95.6 Å². The molecule has 33 nitrogen and oxygen atoms in total. The number of halogens is 2. The quantitative estimate of drug-likeness (QED) is 0.0811. The molecule has 0 bridgehead atoms. The fourth-order valence-corrected chi connectivity index (χ4v) is 27.1. The van der Waals surface area contributed by atoms with Crippen molar-refractivity contribution in [2.24, 2.45) is 35.5 Å². The first-order valence-corrected chi connectivity index (χ1v) is 53.3. The van der Waals surface area contributed by atoms with Gasteiger partial charge in [0.2, 0.25) is 60.1 Å². The number of sulfonamides is 6. The number of methoxy groups -OCH3 is 3. The van der Waals surface area contributed by atoms with E-state index >= 15 is 0 Å². The second-order valence-electron chi connectivity index (χ2n) is 35.0. The Kier molecular flexibility index (Phi) is 32.7. The van der Waals surface area contributed by atoms with Gasteiger partial charge >= 0.3 is 33.8 Å². The Hall–Kier alpha value is -10.2. The number of fused-ring (bicyclic) bond motifs is 6. The van der Waals surface area contributed by atoms with Crippen LogP contribution in [0.1, 0.15) is 124 Å². The zero-order chi connectivity index (χ0) is 97.4. The van der Waals surface area contributed by atoms with Crippen LogP contribution in [0, 0.1) is 41.3 Å². The molecule has 6 aromatic carbocycles. The molecule has 6 unspecified atom stereocenters. The molecule has 0 spiro atoms. The highest BCUT2D eigenvalue weighted by molar-refractivity contribution is 7.90. The van der Waals surface area contributed by atoms with Crippen LogP contribution < -0.4 is 43.2 Å². The maximum atomic E-state index is 13.3. The summed E-state index contributed by atoms with van der Waals surface area (Å²) in [6, 6.07) is 38.7. The Morgan fingerprint density at radius 2 is 0.630 bits per heavy atom. The van der Waals surface area contributed by atoms with Crippen molar-refractivity contribution >= 4 is 138 Å². The van der Waals surface area contributed by atoms with Crippen LogP contribution in [0.25, 0.3) is 65.8 Å². The van der Waals surface area contributed by atoms with E-state index in [-0.39, 0.29) is 77.2 Å². The van der Waals surface area contributed by atoms with E-state index in [0.717, 1.165) is 89.2 Å². The molecule has 6 atom stereocenters. The Morgan fingerprint density at radius 1 is 0.319 bits per heavy atom. The van der Waals surface area contributed by atoms with E-state index in [0.29, 0.717) is 156 Å². The predicted molar refractivity (Wildman–Crippen MR) is 507 cm³/mol. The van der Waals surface area contributed by atoms with Gasteiger partial charge in [0, 0.05) is 135 Å². The number of ether oxygens (including phenoxy) is 3. The molecule has 6 fully saturated rings. The molecule has 6 aliphatic rings. The molecule has 18 rings (SSSR count). The van der Waals surface area contributed by atoms with Crippen LogP contribution in [0.15, 0.2) is 236 Å². The number of hydrogen-bond acceptors (Lipinski definition) is 27. The summed E-state index contributed by atoms with van der Waals surface area (Å²) in [6.07, 6.45) is 10.7. The van der Waals surface area contributed by atoms with Gasteiger partial charge in [-0.15, -0.1) is 0 Å². The third kappa shape index (κ3) is 23.6. The summed E-state index contributed by atoms with van der Waals surface area (Å²) in [6.45, 7) is 17.4. The van der Waals surface area contributed by atoms with E-state index < -0.39 is 105 Å². The minimum absolute atomic E-state index is 0.164. The summed E-state index contributed by atoms with van der Waals surface area (Å²) >= 11 is 5.91. The van der Waals surface area contributed by atoms with Gasteiger partial charge in [-0.05, 0) is 210 Å². The summed E-state index contributed by atoms with van der Waals surface area (Å²) in [4.78, 5) is 71.0. The molecular weight excluding hydrogens is 1890 g/mol. The fraction of sp³-hybridized carbons (Fsp3) is 0.426. The van der Waals surface area contributed by atoms with Crippen molar-refractivity contribution in [1.82, 2.24) is 25.8 Å². The SMILES string of the molecule is CC1CCCN(S(=O)(=O)c2cc3cc(Cl)ccc3oc2=O)C1.CC1CCCN(S(=O)(=O)c2cc3cc(F)ccc3oc2=O)C1.CC1CCCN(S(=O)(=O)c2cc3ccccc3oc2=O)C1.COCc1cccc2cc(S(=O)(=O)N3CCCC(C)C3)c(=O)oc12.COc1ccc2cc(S(=O)(=O)N3CCCC(C)C3)c(=O)oc2c1.COc1cccc2cc(S(=O)(=O)N3CCCC(C)C3)c(=O)oc12. The maximum Gasteiger partial charge on any atom is 0.356 e. The third-order valence-electron chi connectivity index (χ3n) is 24.3. The number of piperidine rings is 6. The highest BCUT2D eigenvalue weighted by Gasteiger charge is 2.39. The lowest BCUT2D eigenvalue weighted by Crippen LogP contribution is -2.40. The first-order valence-electron chi connectivity index (χ1n) is 44.3. The summed E-state index contributed by atoms with van der Waals surface area (Å²) in [7, 11) is -18.6. The van der Waals surface area contributed by atoms with Crippen molar-refractivity contribution in [3.63, 3.8) is 0 Å². The second kappa shape index (κ2) is 43.2. The predicted octanol–water partition coefficient (Wildman–Crippen LogP) is 14.2. The van der Waals surface area contributed by atoms with E-state index in [1.807, 2.05) is 41.5 Å². The first-order chi connectivity index (χ1) is 64.0. The Morgan fingerprint density at radius 3 is 1.01 bits per heavy atom. The molecule has 0 aliphatic carbocycles. The number of nitrogens with zero attached hydrogens (tertiary/aromatic N) is 6. The van der Waals surface area contributed by atoms with Gasteiger partial charge in [-0.1, -0.05) is 102 Å². The monoisotopic (exact) mass is 2000 g/mol. The van der Waals surface area contributed by atoms with Gasteiger partial charge in [-0.25, -0.2) is 83.7 Å². The summed E-state index contributed by atoms with van der Waals surface area (Å²) < 4.78 is 221. The van der Waals surface area contributed by atoms with E-state index in [2.05, 4.69) is 0 Å². The number of hydrogen-bond donors (Lipinski definition) is 0. The number of rotatable bonds is 16. The Bertz CT molecular complexity index is 7400. The van der Waals surface area contributed by atoms with Crippen molar-refractivity contribution in [1.29, 1.82) is 0 Å². The normalized spacial score (nSPS) is 20.1. The van der Waals surface area contributed by atoms with E-state index in [9.17, 15) is 83.7 Å². The van der Waals surface area contributed by atoms with Crippen molar-refractivity contribution in [3.05, 3.63) is 231 Å². The Labute approximate surface area is 785 Å². The van der Waals surface area contributed by atoms with Gasteiger partial charge in [0.25, 0.3) is 0 Å². The summed E-state index contributed by atoms with van der Waals surface area (Å²) in [5.41, 5.74) is -2.57. The third-order valence-corrected chi connectivity index (χ3v) is 35.6. The van der Waals surface area contributed by atoms with Crippen LogP contribution in [0.2, 0.25) is 5.02 Å². The van der Waals surface area contributed by atoms with Crippen LogP contribution >= 0.6 is 11.6 Å². The molecule has 6 aromatic heterocycles. The standard InChI is InChI=1S/C17H21NO5S.2C16H19NO5S.C15H16ClNO4S.C15H16FNO4S.C15H17NO4S/c1-12-5-4-8-18(10-12)24(20,21)15-9-13-6-3-7-14(11-22-2)16(13)23-17(15)19;1-11-5-4-8-17(10-11)23(19,20)14-9-12-6-3-7-13(21-2)15(12)22-16(14)18;1-11-4-3-7-17(10-11)23(19,20)15-8-12-5-6-13(21-2)9-14(12)22-16(15)18;2*1-10-3-2-6-17(9-10)22(19,20)14-8-11-7-12(16)4-5-13(11)21-15(14)18;1-11-5-4-8-16(10-11)21(18,19)14-9-12-6-2-3-7-13(12)20-15(14)17/h3,6-7,9,12H,4-5,8,10-11H2,1-2H3;3,6-7,9,11H,4-5,8,10H2,1-2H3;5-6,8-9,11H,3-4,7,10H2,1-2H3;2*4-5,7-8,10H,2-3,6,9H2,1H3;2-3,6-7,9,11H,4-5,8,10H2,1H3. The van der Waals surface area contributed by atoms with Crippen LogP contribution in [0.4, 0.5) is 4.39 Å². The van der Waals surface area contributed by atoms with Crippen LogP contribution in [-0.4, -0.2) is 176 Å². The largest absolute Gasteiger partial charge is 0.497 e. The van der Waals surface area contributed by atoms with Gasteiger partial charge in [0.1, 0.15) is 39.5 Å². The lowest BCUT2D eigenvalue weighted by Gasteiger charge is -2.29. The molecular formula is C94H108ClFN6O27S6. The van der Waals surface area contributed by atoms with Gasteiger partial charge in [-0.2, -0.15) is 25.8 Å². The van der Waals surface area contributed by atoms with Gasteiger partial charge in [0.05, 0.1) is 20.8 Å². The molecule has 12 aromatic rings. The minimum Gasteiger partial charge on any atom is -0.497 e. The molecule has 0 N–H and O–H groups in total. The molecule has 0 radical (unpaired) electrons. The highest BCUT2D eigenvalue weighted by Crippen LogP contribution is 2.35. The molecule has 6 saturated heterocycles. The fourth-order valence-electron chi connectivity index (χ4n) is 17.2. The first kappa shape index (κ1) is 102. The number of benzene rings is 6. The zero-order valence-electron chi connectivity index (χ0n) is 76.0. The topological polar surface area (TPSA) is 433 Å². The average Bonchev–Trinajstić information content (AvgIpc) is 0.774. The molecule has 12 heterocycles. The van der Waals surface area contributed by atoms with Crippen molar-refractivity contribution in [2.45, 2.75) is 155 Å². The van der Waals surface area contributed by atoms with Crippen LogP contribution in [0.3, 0.4) is 0 Å². The molecule has 0 amide bonds. The maximum absolute atomic E-state index is 13.3. The minimum atomic E-state index is -3.93. The Balaban J connectivity index is 0.000000137. The lowest BCUT2D eigenvalue weighted by atomic mass is 10.0. The van der Waals surface area contributed by atoms with E-state index in [4.69, 9.17) is 52.3 Å². The van der Waals surface area contributed by atoms with Crippen LogP contribution in [0.5, 0.6) is 11.5 Å².